The van der Waals surface area contributed by atoms with Gasteiger partial charge in [0.25, 0.3) is 5.91 Å². The topological polar surface area (TPSA) is 129 Å². The molecule has 0 unspecified atom stereocenters. The van der Waals surface area contributed by atoms with Gasteiger partial charge in [0.2, 0.25) is 5.95 Å². The standard InChI is InChI=1S/C22H29N9OS/c1-22(2)7-12-8-24-20(23)26-16(12)17-15(22)18(29-28-17)19(32)27-21-25-13(11-33-21)9-31-6-5-14(10-31)30(3)4/h8,11,14H,5-7,9-10H2,1-4H3,(H,28,29)(H2,23,24,26)(H,25,27,32)/t14-/m1/s1. The summed E-state index contributed by atoms with van der Waals surface area (Å²) in [6.45, 7) is 7.08. The molecule has 1 amide bonds. The van der Waals surface area contributed by atoms with E-state index < -0.39 is 0 Å². The molecule has 1 fully saturated rings. The van der Waals surface area contributed by atoms with Crippen molar-refractivity contribution in [3.05, 3.63) is 34.1 Å². The number of fused-ring (bicyclic) bond motifs is 3. The van der Waals surface area contributed by atoms with E-state index >= 15 is 0 Å². The summed E-state index contributed by atoms with van der Waals surface area (Å²) in [5.41, 5.74) is 10.1. The Morgan fingerprint density at radius 2 is 2.21 bits per heavy atom. The van der Waals surface area contributed by atoms with Gasteiger partial charge in [0.05, 0.1) is 17.1 Å². The number of thiazole rings is 1. The number of nitrogens with two attached hydrogens (primary N) is 1. The predicted octanol–water partition coefficient (Wildman–Crippen LogP) is 2.13. The molecule has 0 aromatic carbocycles. The summed E-state index contributed by atoms with van der Waals surface area (Å²) in [4.78, 5) is 31.0. The number of H-pyrrole nitrogens is 1. The van der Waals surface area contributed by atoms with Gasteiger partial charge in [0, 0.05) is 42.8 Å². The quantitative estimate of drug-likeness (QED) is 0.520. The highest BCUT2D eigenvalue weighted by atomic mass is 32.1. The zero-order valence-electron chi connectivity index (χ0n) is 19.3. The van der Waals surface area contributed by atoms with E-state index in [2.05, 4.69) is 68.2 Å². The fourth-order valence-electron chi connectivity index (χ4n) is 4.87. The number of carbonyl (C=O) groups excluding carboxylic acids is 1. The van der Waals surface area contributed by atoms with Crippen LogP contribution in [0.25, 0.3) is 11.4 Å². The van der Waals surface area contributed by atoms with Gasteiger partial charge in [-0.15, -0.1) is 11.3 Å². The number of nitrogen functional groups attached to an aromatic ring is 1. The van der Waals surface area contributed by atoms with Crippen molar-refractivity contribution in [2.45, 2.75) is 44.7 Å². The van der Waals surface area contributed by atoms with E-state index in [4.69, 9.17) is 5.73 Å². The number of anilines is 2. The average molecular weight is 468 g/mol. The molecule has 11 heteroatoms. The second kappa shape index (κ2) is 8.15. The molecule has 0 saturated carbocycles. The largest absolute Gasteiger partial charge is 0.368 e. The van der Waals surface area contributed by atoms with Gasteiger partial charge in [-0.25, -0.2) is 15.0 Å². The Bertz CT molecular complexity index is 1200. The normalized spacial score (nSPS) is 19.5. The SMILES string of the molecule is CN(C)[C@@H]1CCN(Cc2csc(NC(=O)c3n[nH]c4c3C(C)(C)Cc3cnc(N)nc3-4)n2)C1. The molecule has 4 heterocycles. The van der Waals surface area contributed by atoms with Gasteiger partial charge in [-0.05, 0) is 37.9 Å². The van der Waals surface area contributed by atoms with Crippen LogP contribution in [0.5, 0.6) is 0 Å². The molecule has 1 aliphatic carbocycles. The first-order valence-electron chi connectivity index (χ1n) is 11.1. The maximum Gasteiger partial charge on any atom is 0.278 e. The van der Waals surface area contributed by atoms with Crippen molar-refractivity contribution in [3.63, 3.8) is 0 Å². The Balaban J connectivity index is 1.33. The highest BCUT2D eigenvalue weighted by molar-refractivity contribution is 7.14. The van der Waals surface area contributed by atoms with Crippen molar-refractivity contribution in [1.82, 2.24) is 34.9 Å². The predicted molar refractivity (Wildman–Crippen MR) is 128 cm³/mol. The molecule has 33 heavy (non-hydrogen) atoms. The van der Waals surface area contributed by atoms with E-state index in [1.165, 1.54) is 17.8 Å². The minimum absolute atomic E-state index is 0.199. The Morgan fingerprint density at radius 1 is 1.39 bits per heavy atom. The number of aromatic nitrogens is 5. The summed E-state index contributed by atoms with van der Waals surface area (Å²) < 4.78 is 0. The molecule has 0 spiro atoms. The third-order valence-corrected chi connectivity index (χ3v) is 7.35. The minimum Gasteiger partial charge on any atom is -0.368 e. The Labute approximate surface area is 196 Å². The molecular weight excluding hydrogens is 438 g/mol. The van der Waals surface area contributed by atoms with Gasteiger partial charge < -0.3 is 10.6 Å². The molecule has 5 rings (SSSR count). The van der Waals surface area contributed by atoms with Gasteiger partial charge in [0.15, 0.2) is 10.8 Å². The fraction of sp³-hybridized carbons (Fsp3) is 0.500. The van der Waals surface area contributed by atoms with Crippen LogP contribution in [0, 0.1) is 0 Å². The lowest BCUT2D eigenvalue weighted by Gasteiger charge is -2.31. The molecule has 0 bridgehead atoms. The lowest BCUT2D eigenvalue weighted by molar-refractivity contribution is 0.102. The van der Waals surface area contributed by atoms with Crippen LogP contribution in [0.3, 0.4) is 0 Å². The van der Waals surface area contributed by atoms with Crippen molar-refractivity contribution >= 4 is 28.3 Å². The molecule has 1 aliphatic heterocycles. The van der Waals surface area contributed by atoms with Gasteiger partial charge in [0.1, 0.15) is 0 Å². The summed E-state index contributed by atoms with van der Waals surface area (Å²) in [5.74, 6) is -0.0778. The van der Waals surface area contributed by atoms with Gasteiger partial charge in [-0.3, -0.25) is 20.1 Å². The number of hydrogen-bond acceptors (Lipinski definition) is 9. The van der Waals surface area contributed by atoms with Crippen molar-refractivity contribution in [3.8, 4) is 11.4 Å². The maximum absolute atomic E-state index is 13.2. The lowest BCUT2D eigenvalue weighted by atomic mass is 9.73. The van der Waals surface area contributed by atoms with Crippen molar-refractivity contribution in [1.29, 1.82) is 0 Å². The molecule has 4 N–H and O–H groups in total. The highest BCUT2D eigenvalue weighted by Crippen LogP contribution is 2.42. The number of rotatable bonds is 5. The third-order valence-electron chi connectivity index (χ3n) is 6.55. The number of hydrogen-bond donors (Lipinski definition) is 3. The summed E-state index contributed by atoms with van der Waals surface area (Å²) in [6.07, 6.45) is 3.61. The van der Waals surface area contributed by atoms with Crippen molar-refractivity contribution < 1.29 is 4.79 Å². The first-order valence-corrected chi connectivity index (χ1v) is 11.9. The number of amides is 1. The van der Waals surface area contributed by atoms with E-state index in [0.29, 0.717) is 29.0 Å². The fourth-order valence-corrected chi connectivity index (χ4v) is 5.56. The Hall–Kier alpha value is -2.89. The summed E-state index contributed by atoms with van der Waals surface area (Å²) in [7, 11) is 4.25. The van der Waals surface area contributed by atoms with Gasteiger partial charge in [-0.1, -0.05) is 13.8 Å². The number of likely N-dealkylation sites (tertiary alicyclic amines) is 1. The van der Waals surface area contributed by atoms with Crippen LogP contribution in [0.4, 0.5) is 11.1 Å². The van der Waals surface area contributed by atoms with Crippen molar-refractivity contribution in [2.75, 3.05) is 38.2 Å². The molecule has 174 valence electrons. The van der Waals surface area contributed by atoms with Crippen LogP contribution in [-0.4, -0.2) is 74.1 Å². The molecular formula is C22H29N9OS. The maximum atomic E-state index is 13.2. The molecule has 3 aromatic heterocycles. The first kappa shape index (κ1) is 21.9. The number of likely N-dealkylation sites (N-methyl/N-ethyl adjacent to an activating group) is 1. The smallest absolute Gasteiger partial charge is 0.278 e. The Morgan fingerprint density at radius 3 is 2.97 bits per heavy atom. The van der Waals surface area contributed by atoms with Gasteiger partial charge in [-0.2, -0.15) is 5.10 Å². The molecule has 1 atom stereocenters. The van der Waals surface area contributed by atoms with Crippen LogP contribution in [0.2, 0.25) is 0 Å². The second-order valence-corrected chi connectivity index (χ2v) is 10.6. The van der Waals surface area contributed by atoms with E-state index in [0.717, 1.165) is 42.1 Å². The van der Waals surface area contributed by atoms with E-state index in [-0.39, 0.29) is 17.3 Å². The first-order chi connectivity index (χ1) is 15.7. The number of aromatic amines is 1. The summed E-state index contributed by atoms with van der Waals surface area (Å²) in [6, 6.07) is 0.586. The number of nitrogens with zero attached hydrogens (tertiary/aromatic N) is 6. The number of carbonyl (C=O) groups is 1. The van der Waals surface area contributed by atoms with Crippen LogP contribution < -0.4 is 11.1 Å². The van der Waals surface area contributed by atoms with E-state index in [9.17, 15) is 4.79 Å². The van der Waals surface area contributed by atoms with E-state index in [1.54, 1.807) is 6.20 Å². The zero-order chi connectivity index (χ0) is 23.3. The molecule has 0 radical (unpaired) electrons. The van der Waals surface area contributed by atoms with Crippen LogP contribution in [-0.2, 0) is 18.4 Å². The van der Waals surface area contributed by atoms with E-state index in [1.807, 2.05) is 5.38 Å². The second-order valence-electron chi connectivity index (χ2n) is 9.72. The summed E-state index contributed by atoms with van der Waals surface area (Å²) >= 11 is 1.44. The van der Waals surface area contributed by atoms with Gasteiger partial charge >= 0.3 is 0 Å². The molecule has 1 saturated heterocycles. The monoisotopic (exact) mass is 467 g/mol. The van der Waals surface area contributed by atoms with Crippen LogP contribution >= 0.6 is 11.3 Å². The van der Waals surface area contributed by atoms with Crippen LogP contribution in [0.1, 0.15) is 47.6 Å². The van der Waals surface area contributed by atoms with Crippen molar-refractivity contribution in [2.24, 2.45) is 0 Å². The minimum atomic E-state index is -0.311. The number of nitrogens with one attached hydrogen (secondary N) is 2. The Kier molecular flexibility index (Phi) is 5.42. The highest BCUT2D eigenvalue weighted by Gasteiger charge is 2.38. The van der Waals surface area contributed by atoms with Crippen LogP contribution in [0.15, 0.2) is 11.6 Å². The molecule has 3 aromatic rings. The molecule has 10 nitrogen and oxygen atoms in total. The zero-order valence-corrected chi connectivity index (χ0v) is 20.2. The third kappa shape index (κ3) is 4.11. The lowest BCUT2D eigenvalue weighted by Crippen LogP contribution is -2.31. The summed E-state index contributed by atoms with van der Waals surface area (Å²) in [5, 5.41) is 12.9. The average Bonchev–Trinajstić information content (AvgIpc) is 3.49. The molecule has 2 aliphatic rings.